The van der Waals surface area contributed by atoms with Crippen molar-refractivity contribution in [1.82, 2.24) is 0 Å². The Morgan fingerprint density at radius 2 is 1.48 bits per heavy atom. The zero-order valence-corrected chi connectivity index (χ0v) is 17.8. The van der Waals surface area contributed by atoms with Gasteiger partial charge in [0.05, 0.1) is 24.7 Å². The zero-order chi connectivity index (χ0) is 21.6. The van der Waals surface area contributed by atoms with Gasteiger partial charge in [-0.15, -0.1) is 0 Å². The van der Waals surface area contributed by atoms with Crippen molar-refractivity contribution in [3.63, 3.8) is 0 Å². The Labute approximate surface area is 172 Å². The van der Waals surface area contributed by atoms with E-state index in [1.165, 1.54) is 0 Å². The summed E-state index contributed by atoms with van der Waals surface area (Å²) in [6.45, 7) is 11.4. The summed E-state index contributed by atoms with van der Waals surface area (Å²) < 4.78 is 15.9. The number of carbonyl (C=O) groups excluding carboxylic acids is 2. The first-order valence-corrected chi connectivity index (χ1v) is 9.96. The summed E-state index contributed by atoms with van der Waals surface area (Å²) >= 11 is 0. The van der Waals surface area contributed by atoms with Crippen LogP contribution in [0.1, 0.15) is 46.1 Å². The Morgan fingerprint density at radius 3 is 1.97 bits per heavy atom. The van der Waals surface area contributed by atoms with Crippen molar-refractivity contribution in [2.45, 2.75) is 40.5 Å². The fourth-order valence-corrected chi connectivity index (χ4v) is 3.46. The number of nitrogens with zero attached hydrogens (tertiary/aromatic N) is 1. The maximum atomic E-state index is 12.7. The lowest BCUT2D eigenvalue weighted by Gasteiger charge is -2.29. The molecule has 7 nitrogen and oxygen atoms in total. The maximum Gasteiger partial charge on any atom is 0.340 e. The van der Waals surface area contributed by atoms with E-state index in [0.29, 0.717) is 5.76 Å². The monoisotopic (exact) mass is 402 g/mol. The Kier molecular flexibility index (Phi) is 7.70. The molecule has 0 spiro atoms. The molecule has 158 valence electrons. The number of allylic oxidation sites excluding steroid dienone is 1. The highest BCUT2D eigenvalue weighted by molar-refractivity contribution is 5.99. The van der Waals surface area contributed by atoms with Crippen LogP contribution >= 0.6 is 0 Å². The van der Waals surface area contributed by atoms with Crippen molar-refractivity contribution >= 4 is 17.6 Å². The molecular weight excluding hydrogens is 372 g/mol. The molecular formula is C22H30N2O5. The van der Waals surface area contributed by atoms with Crippen LogP contribution in [0.4, 0.5) is 5.69 Å². The van der Waals surface area contributed by atoms with Gasteiger partial charge in [-0.25, -0.2) is 9.59 Å². The summed E-state index contributed by atoms with van der Waals surface area (Å²) in [4.78, 5) is 27.6. The number of hydrogen-bond donors (Lipinski definition) is 1. The summed E-state index contributed by atoms with van der Waals surface area (Å²) in [6.07, 6.45) is 0. The first-order chi connectivity index (χ1) is 13.9. The lowest BCUT2D eigenvalue weighted by molar-refractivity contribution is -0.140. The van der Waals surface area contributed by atoms with E-state index in [9.17, 15) is 9.59 Å². The average Bonchev–Trinajstić information content (AvgIpc) is 2.69. The van der Waals surface area contributed by atoms with E-state index < -0.39 is 17.9 Å². The molecule has 7 heteroatoms. The number of rotatable bonds is 8. The zero-order valence-electron chi connectivity index (χ0n) is 17.8. The van der Waals surface area contributed by atoms with Gasteiger partial charge in [-0.05, 0) is 52.3 Å². The number of benzene rings is 1. The van der Waals surface area contributed by atoms with Gasteiger partial charge in [0.25, 0.3) is 0 Å². The number of esters is 2. The summed E-state index contributed by atoms with van der Waals surface area (Å²) in [6, 6.07) is 7.72. The molecule has 0 bridgehead atoms. The molecule has 1 aromatic carbocycles. The van der Waals surface area contributed by atoms with Gasteiger partial charge in [-0.1, -0.05) is 12.1 Å². The van der Waals surface area contributed by atoms with Crippen molar-refractivity contribution in [2.24, 2.45) is 5.73 Å². The molecule has 0 saturated heterocycles. The summed E-state index contributed by atoms with van der Waals surface area (Å²) in [7, 11) is 0. The normalized spacial score (nSPS) is 16.4. The maximum absolute atomic E-state index is 12.7. The Hall–Kier alpha value is -2.96. The smallest absolute Gasteiger partial charge is 0.340 e. The predicted molar refractivity (Wildman–Crippen MR) is 111 cm³/mol. The van der Waals surface area contributed by atoms with E-state index in [-0.39, 0.29) is 30.2 Å². The van der Waals surface area contributed by atoms with Gasteiger partial charge in [-0.3, -0.25) is 0 Å². The van der Waals surface area contributed by atoms with Gasteiger partial charge in [0.1, 0.15) is 11.3 Å². The second-order valence-electron chi connectivity index (χ2n) is 6.49. The molecule has 0 amide bonds. The van der Waals surface area contributed by atoms with Crippen LogP contribution in [0, 0.1) is 0 Å². The molecule has 0 fully saturated rings. The second kappa shape index (κ2) is 10.0. The molecule has 0 aromatic heterocycles. The Morgan fingerprint density at radius 1 is 0.966 bits per heavy atom. The van der Waals surface area contributed by atoms with Crippen LogP contribution in [-0.4, -0.2) is 38.2 Å². The first-order valence-electron chi connectivity index (χ1n) is 9.96. The average molecular weight is 402 g/mol. The molecule has 1 atom stereocenters. The van der Waals surface area contributed by atoms with Gasteiger partial charge >= 0.3 is 11.9 Å². The number of carbonyl (C=O) groups is 2. The van der Waals surface area contributed by atoms with Gasteiger partial charge in [-0.2, -0.15) is 0 Å². The predicted octanol–water partition coefficient (Wildman–Crippen LogP) is 3.22. The standard InChI is InChI=1S/C22H30N2O5/c1-6-24(7-2)16-12-10-15(11-13-16)18-17(21(25)27-8-3)14(5)29-20(23)19(18)22(26)28-9-4/h10-13,18H,6-9,23H2,1-5H3/t18-/m1/s1. The highest BCUT2D eigenvalue weighted by Crippen LogP contribution is 2.40. The Balaban J connectivity index is 2.58. The van der Waals surface area contributed by atoms with E-state index in [2.05, 4.69) is 18.7 Å². The van der Waals surface area contributed by atoms with Crippen LogP contribution in [-0.2, 0) is 23.8 Å². The molecule has 1 heterocycles. The molecule has 2 rings (SSSR count). The van der Waals surface area contributed by atoms with Gasteiger partial charge in [0, 0.05) is 18.8 Å². The molecule has 29 heavy (non-hydrogen) atoms. The molecule has 0 saturated carbocycles. The third-order valence-electron chi connectivity index (χ3n) is 4.83. The minimum Gasteiger partial charge on any atom is -0.463 e. The van der Waals surface area contributed by atoms with Crippen molar-refractivity contribution in [1.29, 1.82) is 0 Å². The van der Waals surface area contributed by atoms with E-state index in [4.69, 9.17) is 19.9 Å². The highest BCUT2D eigenvalue weighted by atomic mass is 16.5. The third kappa shape index (κ3) is 4.72. The molecule has 0 radical (unpaired) electrons. The van der Waals surface area contributed by atoms with Gasteiger partial charge in [0.2, 0.25) is 5.88 Å². The van der Waals surface area contributed by atoms with Crippen LogP contribution in [0.3, 0.4) is 0 Å². The molecule has 0 unspecified atom stereocenters. The molecule has 1 aliphatic rings. The van der Waals surface area contributed by atoms with Crippen LogP contribution < -0.4 is 10.6 Å². The van der Waals surface area contributed by atoms with Crippen LogP contribution in [0.5, 0.6) is 0 Å². The SMILES string of the molecule is CCOC(=O)C1=C(C)OC(N)=C(C(=O)OCC)[C@@H]1c1ccc(N(CC)CC)cc1. The number of ether oxygens (including phenoxy) is 3. The van der Waals surface area contributed by atoms with E-state index in [1.54, 1.807) is 20.8 Å². The molecule has 2 N–H and O–H groups in total. The summed E-state index contributed by atoms with van der Waals surface area (Å²) in [5.74, 6) is -1.64. The minimum absolute atomic E-state index is 0.0631. The quantitative estimate of drug-likeness (QED) is 0.668. The fourth-order valence-electron chi connectivity index (χ4n) is 3.46. The largest absolute Gasteiger partial charge is 0.463 e. The highest BCUT2D eigenvalue weighted by Gasteiger charge is 2.40. The van der Waals surface area contributed by atoms with E-state index >= 15 is 0 Å². The van der Waals surface area contributed by atoms with Crippen molar-refractivity contribution in [3.05, 3.63) is 52.6 Å². The number of nitrogens with two attached hydrogens (primary N) is 1. The van der Waals surface area contributed by atoms with Crippen molar-refractivity contribution in [2.75, 3.05) is 31.2 Å². The summed E-state index contributed by atoms with van der Waals surface area (Å²) in [5.41, 5.74) is 8.19. The fraction of sp³-hybridized carbons (Fsp3) is 0.455. The number of anilines is 1. The Bertz CT molecular complexity index is 767. The lowest BCUT2D eigenvalue weighted by Crippen LogP contribution is -2.30. The van der Waals surface area contributed by atoms with Crippen LogP contribution in [0.25, 0.3) is 0 Å². The topological polar surface area (TPSA) is 91.1 Å². The second-order valence-corrected chi connectivity index (χ2v) is 6.49. The lowest BCUT2D eigenvalue weighted by atomic mass is 9.82. The van der Waals surface area contributed by atoms with Gasteiger partial charge < -0.3 is 24.8 Å². The molecule has 1 aromatic rings. The van der Waals surface area contributed by atoms with Crippen molar-refractivity contribution < 1.29 is 23.8 Å². The third-order valence-corrected chi connectivity index (χ3v) is 4.83. The van der Waals surface area contributed by atoms with Gasteiger partial charge in [0.15, 0.2) is 0 Å². The van der Waals surface area contributed by atoms with E-state index in [1.807, 2.05) is 24.3 Å². The summed E-state index contributed by atoms with van der Waals surface area (Å²) in [5, 5.41) is 0. The van der Waals surface area contributed by atoms with E-state index in [0.717, 1.165) is 24.3 Å². The molecule has 0 aliphatic carbocycles. The first kappa shape index (κ1) is 22.3. The van der Waals surface area contributed by atoms with Crippen molar-refractivity contribution in [3.8, 4) is 0 Å². The molecule has 1 aliphatic heterocycles. The van der Waals surface area contributed by atoms with Crippen LogP contribution in [0.2, 0.25) is 0 Å². The van der Waals surface area contributed by atoms with Crippen LogP contribution in [0.15, 0.2) is 47.1 Å². The minimum atomic E-state index is -0.729. The number of hydrogen-bond acceptors (Lipinski definition) is 7.